The second-order valence-electron chi connectivity index (χ2n) is 2.85. The topological polar surface area (TPSA) is 111 Å². The molecule has 0 aliphatic heterocycles. The molecule has 1 aromatic heterocycles. The van der Waals surface area contributed by atoms with E-state index in [1.807, 2.05) is 0 Å². The van der Waals surface area contributed by atoms with Gasteiger partial charge in [-0.2, -0.15) is 4.98 Å². The third-order valence-electron chi connectivity index (χ3n) is 1.69. The first kappa shape index (κ1) is 13.0. The van der Waals surface area contributed by atoms with Gasteiger partial charge in [-0.25, -0.2) is 4.79 Å². The average Bonchev–Trinajstić information content (AvgIpc) is 2.18. The lowest BCUT2D eigenvalue weighted by atomic mass is 10.2. The lowest BCUT2D eigenvalue weighted by Crippen LogP contribution is -2.24. The molecule has 17 heavy (non-hydrogen) atoms. The molecule has 0 unspecified atom stereocenters. The van der Waals surface area contributed by atoms with E-state index in [1.165, 1.54) is 0 Å². The van der Waals surface area contributed by atoms with E-state index < -0.39 is 35.0 Å². The van der Waals surface area contributed by atoms with Crippen LogP contribution in [0.5, 0.6) is 5.75 Å². The van der Waals surface area contributed by atoms with Crippen LogP contribution in [0, 0.1) is 10.1 Å². The van der Waals surface area contributed by atoms with Crippen LogP contribution in [0.1, 0.15) is 5.56 Å². The van der Waals surface area contributed by atoms with Gasteiger partial charge in [0.25, 0.3) is 0 Å². The first-order valence-electron chi connectivity index (χ1n) is 4.11. The Morgan fingerprint density at radius 1 is 1.53 bits per heavy atom. The molecular formula is C7H6F3N3O4. The predicted molar refractivity (Wildman–Crippen MR) is 48.3 cm³/mol. The maximum Gasteiger partial charge on any atom is 0.573 e. The minimum Gasteiger partial charge on any atom is -0.397 e. The van der Waals surface area contributed by atoms with Crippen LogP contribution in [0.4, 0.5) is 19.0 Å². The largest absolute Gasteiger partial charge is 0.573 e. The number of rotatable bonds is 3. The number of H-pyrrole nitrogens is 1. The van der Waals surface area contributed by atoms with Crippen LogP contribution in [0.3, 0.4) is 0 Å². The average molecular weight is 253 g/mol. The van der Waals surface area contributed by atoms with Crippen LogP contribution in [-0.2, 0) is 6.54 Å². The predicted octanol–water partition coefficient (Wildman–Crippen LogP) is 0.640. The lowest BCUT2D eigenvalue weighted by molar-refractivity contribution is -0.390. The van der Waals surface area contributed by atoms with E-state index in [0.717, 1.165) is 0 Å². The Morgan fingerprint density at radius 2 is 2.12 bits per heavy atom. The molecule has 0 aromatic carbocycles. The summed E-state index contributed by atoms with van der Waals surface area (Å²) in [4.78, 5) is 22.2. The van der Waals surface area contributed by atoms with Crippen molar-refractivity contribution >= 4 is 5.82 Å². The van der Waals surface area contributed by atoms with Crippen LogP contribution in [-0.4, -0.2) is 16.3 Å². The molecule has 1 heterocycles. The Bertz CT molecular complexity index is 496. The van der Waals surface area contributed by atoms with Crippen molar-refractivity contribution in [3.63, 3.8) is 0 Å². The summed E-state index contributed by atoms with van der Waals surface area (Å²) in [5.41, 5.74) is 3.48. The van der Waals surface area contributed by atoms with Gasteiger partial charge in [0.15, 0.2) is 0 Å². The van der Waals surface area contributed by atoms with Gasteiger partial charge in [-0.05, 0) is 4.92 Å². The summed E-state index contributed by atoms with van der Waals surface area (Å²) in [7, 11) is 0. The maximum absolute atomic E-state index is 11.9. The standard InChI is InChI=1S/C7H6F3N3O4/c8-7(9,10)17-4-1-3(2-11)5(13(15)16)12-6(4)14/h1H,2,11H2,(H,12,14). The van der Waals surface area contributed by atoms with E-state index in [-0.39, 0.29) is 5.56 Å². The Kier molecular flexibility index (Phi) is 3.36. The fraction of sp³-hybridized carbons (Fsp3) is 0.286. The zero-order valence-electron chi connectivity index (χ0n) is 8.08. The number of ether oxygens (including phenoxy) is 1. The molecular weight excluding hydrogens is 247 g/mol. The maximum atomic E-state index is 11.9. The van der Waals surface area contributed by atoms with Crippen LogP contribution < -0.4 is 16.0 Å². The Balaban J connectivity index is 3.28. The molecule has 0 aliphatic carbocycles. The van der Waals surface area contributed by atoms with Gasteiger partial charge in [0.05, 0.1) is 5.56 Å². The molecule has 0 atom stereocenters. The summed E-state index contributed by atoms with van der Waals surface area (Å²) in [6.07, 6.45) is -5.06. The number of aromatic nitrogens is 1. The highest BCUT2D eigenvalue weighted by Gasteiger charge is 2.33. The molecule has 1 rings (SSSR count). The van der Waals surface area contributed by atoms with Crippen molar-refractivity contribution < 1.29 is 22.8 Å². The van der Waals surface area contributed by atoms with Crippen molar-refractivity contribution in [2.24, 2.45) is 5.73 Å². The third kappa shape index (κ3) is 3.17. The fourth-order valence-electron chi connectivity index (χ4n) is 1.06. The van der Waals surface area contributed by atoms with Crippen LogP contribution in [0.25, 0.3) is 0 Å². The quantitative estimate of drug-likeness (QED) is 0.606. The van der Waals surface area contributed by atoms with Gasteiger partial charge >= 0.3 is 17.7 Å². The van der Waals surface area contributed by atoms with Gasteiger partial charge in [-0.15, -0.1) is 13.2 Å². The Labute approximate surface area is 91.1 Å². The van der Waals surface area contributed by atoms with Crippen molar-refractivity contribution in [3.8, 4) is 5.75 Å². The van der Waals surface area contributed by atoms with Crippen LogP contribution >= 0.6 is 0 Å². The van der Waals surface area contributed by atoms with E-state index in [2.05, 4.69) is 4.74 Å². The summed E-state index contributed by atoms with van der Waals surface area (Å²) in [5, 5.41) is 10.4. The van der Waals surface area contributed by atoms with Gasteiger partial charge in [0.2, 0.25) is 5.75 Å². The third-order valence-corrected chi connectivity index (χ3v) is 1.69. The zero-order chi connectivity index (χ0) is 13.2. The van der Waals surface area contributed by atoms with Gasteiger partial charge in [0, 0.05) is 12.6 Å². The molecule has 7 nitrogen and oxygen atoms in total. The normalized spacial score (nSPS) is 11.3. The number of pyridine rings is 1. The molecule has 0 spiro atoms. The minimum atomic E-state index is -5.06. The van der Waals surface area contributed by atoms with E-state index in [4.69, 9.17) is 5.73 Å². The van der Waals surface area contributed by atoms with E-state index in [9.17, 15) is 28.1 Å². The second kappa shape index (κ2) is 4.41. The minimum absolute atomic E-state index is 0.270. The van der Waals surface area contributed by atoms with Crippen molar-refractivity contribution in [1.29, 1.82) is 0 Å². The summed E-state index contributed by atoms with van der Waals surface area (Å²) in [6.45, 7) is -0.415. The summed E-state index contributed by atoms with van der Waals surface area (Å²) < 4.78 is 39.0. The first-order chi connectivity index (χ1) is 7.74. The number of aromatic amines is 1. The molecule has 0 fully saturated rings. The highest BCUT2D eigenvalue weighted by atomic mass is 19.4. The molecule has 10 heteroatoms. The molecule has 0 saturated heterocycles. The number of nitrogens with two attached hydrogens (primary N) is 1. The molecule has 0 radical (unpaired) electrons. The number of nitrogens with one attached hydrogen (secondary N) is 1. The Morgan fingerprint density at radius 3 is 2.53 bits per heavy atom. The smallest absolute Gasteiger partial charge is 0.397 e. The number of alkyl halides is 3. The number of nitro groups is 1. The number of nitrogens with zero attached hydrogens (tertiary/aromatic N) is 1. The molecule has 94 valence electrons. The summed E-state index contributed by atoms with van der Waals surface area (Å²) in [5.74, 6) is -1.85. The number of halogens is 3. The summed E-state index contributed by atoms with van der Waals surface area (Å²) in [6, 6.07) is 0.588. The zero-order valence-corrected chi connectivity index (χ0v) is 8.08. The molecule has 0 aliphatic rings. The van der Waals surface area contributed by atoms with Gasteiger partial charge in [0.1, 0.15) is 0 Å². The van der Waals surface area contributed by atoms with E-state index in [0.29, 0.717) is 6.07 Å². The highest BCUT2D eigenvalue weighted by Crippen LogP contribution is 2.22. The molecule has 0 amide bonds. The number of hydrogen-bond acceptors (Lipinski definition) is 5. The molecule has 0 saturated carbocycles. The van der Waals surface area contributed by atoms with E-state index in [1.54, 1.807) is 4.98 Å². The van der Waals surface area contributed by atoms with Gasteiger partial charge in [-0.1, -0.05) is 0 Å². The highest BCUT2D eigenvalue weighted by molar-refractivity contribution is 5.37. The van der Waals surface area contributed by atoms with Crippen molar-refractivity contribution in [2.45, 2.75) is 12.9 Å². The van der Waals surface area contributed by atoms with Crippen molar-refractivity contribution in [1.82, 2.24) is 4.98 Å². The van der Waals surface area contributed by atoms with Crippen molar-refractivity contribution in [2.75, 3.05) is 0 Å². The fourth-order valence-corrected chi connectivity index (χ4v) is 1.06. The first-order valence-corrected chi connectivity index (χ1v) is 4.11. The van der Waals surface area contributed by atoms with Crippen LogP contribution in [0.2, 0.25) is 0 Å². The van der Waals surface area contributed by atoms with Crippen LogP contribution in [0.15, 0.2) is 10.9 Å². The van der Waals surface area contributed by atoms with Crippen molar-refractivity contribution in [3.05, 3.63) is 32.1 Å². The molecule has 0 bridgehead atoms. The summed E-state index contributed by atoms with van der Waals surface area (Å²) >= 11 is 0. The molecule has 1 aromatic rings. The Hall–Kier alpha value is -2.10. The van der Waals surface area contributed by atoms with E-state index >= 15 is 0 Å². The van der Waals surface area contributed by atoms with Gasteiger partial charge in [-0.3, -0.25) is 0 Å². The molecule has 3 N–H and O–H groups in total. The number of hydrogen-bond donors (Lipinski definition) is 2. The SMILES string of the molecule is NCc1cc(OC(F)(F)F)c(=O)[nH]c1[N+](=O)[O-]. The lowest BCUT2D eigenvalue weighted by Gasteiger charge is -2.08. The van der Waals surface area contributed by atoms with Gasteiger partial charge < -0.3 is 20.6 Å². The second-order valence-corrected chi connectivity index (χ2v) is 2.85. The monoisotopic (exact) mass is 253 g/mol.